The predicted molar refractivity (Wildman–Crippen MR) is 91.1 cm³/mol. The minimum Gasteiger partial charge on any atom is -0.366 e. The van der Waals surface area contributed by atoms with E-state index in [4.69, 9.17) is 5.73 Å². The summed E-state index contributed by atoms with van der Waals surface area (Å²) in [5.74, 6) is 0.619. The Morgan fingerprint density at radius 3 is 2.46 bits per heavy atom. The van der Waals surface area contributed by atoms with E-state index >= 15 is 0 Å². The first-order valence-corrected chi connectivity index (χ1v) is 7.91. The molecule has 6 heteroatoms. The molecular weight excluding hydrogens is 305 g/mol. The number of nitrogens with zero attached hydrogens (tertiary/aromatic N) is 3. The van der Waals surface area contributed by atoms with Crippen LogP contribution in [0.4, 0.5) is 16.3 Å². The van der Waals surface area contributed by atoms with E-state index in [0.29, 0.717) is 5.95 Å². The van der Waals surface area contributed by atoms with Gasteiger partial charge in [-0.05, 0) is 36.6 Å². The molecule has 2 heterocycles. The summed E-state index contributed by atoms with van der Waals surface area (Å²) in [6.07, 6.45) is 0.782. The van der Waals surface area contributed by atoms with Gasteiger partial charge in [0.1, 0.15) is 5.82 Å². The first kappa shape index (κ1) is 14.7. The Balaban J connectivity index is 1.74. The van der Waals surface area contributed by atoms with Crippen LogP contribution in [0, 0.1) is 12.7 Å². The Kier molecular flexibility index (Phi) is 3.45. The van der Waals surface area contributed by atoms with Crippen LogP contribution in [-0.2, 0) is 0 Å². The van der Waals surface area contributed by atoms with Gasteiger partial charge in [-0.2, -0.15) is 4.98 Å². The Morgan fingerprint density at radius 2 is 1.75 bits per heavy atom. The number of rotatable bonds is 2. The molecule has 3 aromatic rings. The third-order valence-electron chi connectivity index (χ3n) is 4.44. The topological polar surface area (TPSA) is 68.8 Å². The van der Waals surface area contributed by atoms with Gasteiger partial charge in [-0.25, -0.2) is 9.07 Å². The smallest absolute Gasteiger partial charge is 0.241 e. The lowest BCUT2D eigenvalue weighted by molar-refractivity contribution is 0.431. The Bertz CT molecular complexity index is 854. The summed E-state index contributed by atoms with van der Waals surface area (Å²) in [6, 6.07) is 15.0. The Hall–Kier alpha value is -2.89. The predicted octanol–water partition coefficient (Wildman–Crippen LogP) is 3.45. The number of hydrogen-bond acceptors (Lipinski definition) is 4. The van der Waals surface area contributed by atoms with Crippen molar-refractivity contribution in [3.05, 3.63) is 71.0 Å². The molecule has 3 N–H and O–H groups in total. The van der Waals surface area contributed by atoms with Crippen molar-refractivity contribution < 1.29 is 4.39 Å². The number of nitrogen functional groups attached to an aromatic ring is 1. The van der Waals surface area contributed by atoms with Crippen LogP contribution >= 0.6 is 0 Å². The van der Waals surface area contributed by atoms with Gasteiger partial charge in [0.05, 0.1) is 12.1 Å². The minimum atomic E-state index is -0.249. The van der Waals surface area contributed by atoms with Crippen LogP contribution in [0.1, 0.15) is 35.2 Å². The van der Waals surface area contributed by atoms with Gasteiger partial charge in [0, 0.05) is 0 Å². The molecule has 1 aliphatic rings. The molecule has 0 unspecified atom stereocenters. The lowest BCUT2D eigenvalue weighted by atomic mass is 9.93. The van der Waals surface area contributed by atoms with Gasteiger partial charge in [-0.3, -0.25) is 0 Å². The first-order valence-electron chi connectivity index (χ1n) is 7.91. The van der Waals surface area contributed by atoms with E-state index in [-0.39, 0.29) is 23.8 Å². The quantitative estimate of drug-likeness (QED) is 0.758. The lowest BCUT2D eigenvalue weighted by Crippen LogP contribution is -2.28. The van der Waals surface area contributed by atoms with Crippen molar-refractivity contribution in [3.8, 4) is 0 Å². The van der Waals surface area contributed by atoms with Crippen LogP contribution < -0.4 is 11.1 Å². The molecule has 0 fully saturated rings. The molecular formula is C18H18FN5. The summed E-state index contributed by atoms with van der Waals surface area (Å²) in [5, 5.41) is 7.70. The standard InChI is InChI=1S/C18H18FN5/c1-11-2-4-12(5-3-11)15-10-16(13-6-8-14(19)9-7-13)24-18(21-15)22-17(20)23-24/h2-9,15-16H,10H2,1H3,(H3,20,21,22,23)/t15-,16-/m0/s1. The second-order valence-electron chi connectivity index (χ2n) is 6.15. The molecule has 1 aliphatic heterocycles. The van der Waals surface area contributed by atoms with Crippen LogP contribution in [0.15, 0.2) is 48.5 Å². The Morgan fingerprint density at radius 1 is 1.08 bits per heavy atom. The van der Waals surface area contributed by atoms with Gasteiger partial charge in [0.15, 0.2) is 0 Å². The molecule has 0 spiro atoms. The van der Waals surface area contributed by atoms with E-state index in [1.165, 1.54) is 23.3 Å². The number of nitrogens with one attached hydrogen (secondary N) is 1. The van der Waals surface area contributed by atoms with E-state index in [1.54, 1.807) is 16.8 Å². The highest BCUT2D eigenvalue weighted by molar-refractivity contribution is 5.42. The summed E-state index contributed by atoms with van der Waals surface area (Å²) >= 11 is 0. The molecule has 0 saturated carbocycles. The number of benzene rings is 2. The highest BCUT2D eigenvalue weighted by Gasteiger charge is 2.30. The normalized spacial score (nSPS) is 19.6. The van der Waals surface area contributed by atoms with Crippen molar-refractivity contribution in [2.45, 2.75) is 25.4 Å². The van der Waals surface area contributed by atoms with Crippen LogP contribution in [-0.4, -0.2) is 14.8 Å². The largest absolute Gasteiger partial charge is 0.366 e. The zero-order valence-electron chi connectivity index (χ0n) is 13.3. The molecule has 0 radical (unpaired) electrons. The number of nitrogens with two attached hydrogens (primary N) is 1. The third-order valence-corrected chi connectivity index (χ3v) is 4.44. The van der Waals surface area contributed by atoms with Gasteiger partial charge >= 0.3 is 0 Å². The van der Waals surface area contributed by atoms with Gasteiger partial charge in [-0.15, -0.1) is 5.10 Å². The number of anilines is 2. The second-order valence-corrected chi connectivity index (χ2v) is 6.15. The first-order chi connectivity index (χ1) is 11.6. The molecule has 2 atom stereocenters. The fourth-order valence-electron chi connectivity index (χ4n) is 3.17. The van der Waals surface area contributed by atoms with E-state index in [0.717, 1.165) is 12.0 Å². The fourth-order valence-corrected chi connectivity index (χ4v) is 3.17. The number of fused-ring (bicyclic) bond motifs is 1. The van der Waals surface area contributed by atoms with E-state index in [1.807, 2.05) is 0 Å². The summed E-state index contributed by atoms with van der Waals surface area (Å²) in [4.78, 5) is 4.28. The number of aryl methyl sites for hydroxylation is 1. The maximum atomic E-state index is 13.3. The summed E-state index contributed by atoms with van der Waals surface area (Å²) in [7, 11) is 0. The highest BCUT2D eigenvalue weighted by atomic mass is 19.1. The lowest BCUT2D eigenvalue weighted by Gasteiger charge is -2.31. The van der Waals surface area contributed by atoms with Crippen molar-refractivity contribution in [2.75, 3.05) is 11.1 Å². The summed E-state index contributed by atoms with van der Waals surface area (Å²) in [5.41, 5.74) is 9.17. The van der Waals surface area contributed by atoms with Gasteiger partial charge in [-0.1, -0.05) is 42.0 Å². The monoisotopic (exact) mass is 323 g/mol. The van der Waals surface area contributed by atoms with Crippen LogP contribution in [0.5, 0.6) is 0 Å². The average Bonchev–Trinajstić information content (AvgIpc) is 2.95. The second kappa shape index (κ2) is 5.63. The number of aromatic nitrogens is 3. The molecule has 0 aliphatic carbocycles. The average molecular weight is 323 g/mol. The molecule has 2 aromatic carbocycles. The van der Waals surface area contributed by atoms with Crippen LogP contribution in [0.2, 0.25) is 0 Å². The van der Waals surface area contributed by atoms with Crippen molar-refractivity contribution in [3.63, 3.8) is 0 Å². The number of halogens is 1. The van der Waals surface area contributed by atoms with Crippen molar-refractivity contribution in [1.82, 2.24) is 14.8 Å². The fraction of sp³-hybridized carbons (Fsp3) is 0.222. The van der Waals surface area contributed by atoms with Crippen LogP contribution in [0.3, 0.4) is 0 Å². The zero-order valence-corrected chi connectivity index (χ0v) is 13.3. The number of hydrogen-bond donors (Lipinski definition) is 2. The van der Waals surface area contributed by atoms with E-state index in [9.17, 15) is 4.39 Å². The van der Waals surface area contributed by atoms with Gasteiger partial charge in [0.25, 0.3) is 0 Å². The molecule has 24 heavy (non-hydrogen) atoms. The van der Waals surface area contributed by atoms with Crippen molar-refractivity contribution in [1.29, 1.82) is 0 Å². The molecule has 0 saturated heterocycles. The Labute approximate surface area is 139 Å². The molecule has 1 aromatic heterocycles. The third kappa shape index (κ3) is 2.60. The highest BCUT2D eigenvalue weighted by Crippen LogP contribution is 2.37. The molecule has 0 bridgehead atoms. The zero-order chi connectivity index (χ0) is 16.7. The SMILES string of the molecule is Cc1ccc([C@@H]2C[C@@H](c3ccc(F)cc3)n3nc(N)nc3N2)cc1. The van der Waals surface area contributed by atoms with Crippen LogP contribution in [0.25, 0.3) is 0 Å². The molecule has 4 rings (SSSR count). The minimum absolute atomic E-state index is 0.0436. The summed E-state index contributed by atoms with van der Waals surface area (Å²) in [6.45, 7) is 2.07. The molecule has 122 valence electrons. The van der Waals surface area contributed by atoms with E-state index < -0.39 is 0 Å². The molecule has 5 nitrogen and oxygen atoms in total. The van der Waals surface area contributed by atoms with Crippen molar-refractivity contribution in [2.24, 2.45) is 0 Å². The summed E-state index contributed by atoms with van der Waals surface area (Å²) < 4.78 is 15.1. The van der Waals surface area contributed by atoms with Gasteiger partial charge in [0.2, 0.25) is 11.9 Å². The van der Waals surface area contributed by atoms with Gasteiger partial charge < -0.3 is 11.1 Å². The van der Waals surface area contributed by atoms with Crippen molar-refractivity contribution >= 4 is 11.9 Å². The maximum absolute atomic E-state index is 13.3. The van der Waals surface area contributed by atoms with E-state index in [2.05, 4.69) is 46.6 Å². The molecule has 0 amide bonds. The maximum Gasteiger partial charge on any atom is 0.241 e.